The molecule has 1 atom stereocenters. The number of carboxylic acid groups (broad SMARTS) is 1. The number of nitrogens with one attached hydrogen (secondary N) is 1. The Labute approximate surface area is 119 Å². The molecule has 5 nitrogen and oxygen atoms in total. The summed E-state index contributed by atoms with van der Waals surface area (Å²) in [7, 11) is 1.67. The van der Waals surface area contributed by atoms with Gasteiger partial charge in [-0.05, 0) is 44.0 Å². The van der Waals surface area contributed by atoms with Crippen LogP contribution >= 0.6 is 0 Å². The number of hydrogen-bond donors (Lipinski definition) is 3. The van der Waals surface area contributed by atoms with E-state index < -0.39 is 11.5 Å². The van der Waals surface area contributed by atoms with Crippen molar-refractivity contribution < 1.29 is 19.7 Å². The zero-order chi connectivity index (χ0) is 15.0. The smallest absolute Gasteiger partial charge is 0.323 e. The van der Waals surface area contributed by atoms with Gasteiger partial charge >= 0.3 is 5.97 Å². The largest absolute Gasteiger partial charge is 0.494 e. The first-order valence-electron chi connectivity index (χ1n) is 6.83. The fraction of sp³-hybridized carbons (Fsp3) is 0.533. The Morgan fingerprint density at radius 3 is 2.45 bits per heavy atom. The van der Waals surface area contributed by atoms with E-state index in [0.29, 0.717) is 25.9 Å². The third-order valence-corrected chi connectivity index (χ3v) is 3.61. The molecule has 0 aliphatic rings. The Balaban J connectivity index is 2.41. The van der Waals surface area contributed by atoms with Crippen molar-refractivity contribution in [2.45, 2.75) is 38.3 Å². The average molecular weight is 281 g/mol. The lowest BCUT2D eigenvalue weighted by atomic mass is 9.91. The Hall–Kier alpha value is -1.59. The quantitative estimate of drug-likeness (QED) is 0.601. The van der Waals surface area contributed by atoms with Crippen LogP contribution in [0.25, 0.3) is 0 Å². The predicted octanol–water partition coefficient (Wildman–Crippen LogP) is 1.79. The van der Waals surface area contributed by atoms with E-state index in [1.54, 1.807) is 31.3 Å². The molecule has 0 heterocycles. The molecule has 0 fully saturated rings. The van der Waals surface area contributed by atoms with Gasteiger partial charge in [0.1, 0.15) is 11.3 Å². The molecule has 0 saturated heterocycles. The van der Waals surface area contributed by atoms with Crippen molar-refractivity contribution in [3.05, 3.63) is 29.8 Å². The van der Waals surface area contributed by atoms with Crippen molar-refractivity contribution in [3.8, 4) is 5.75 Å². The van der Waals surface area contributed by atoms with Gasteiger partial charge < -0.3 is 20.3 Å². The van der Waals surface area contributed by atoms with Crippen molar-refractivity contribution in [2.75, 3.05) is 13.7 Å². The van der Waals surface area contributed by atoms with Crippen LogP contribution in [0.5, 0.6) is 5.75 Å². The van der Waals surface area contributed by atoms with Crippen LogP contribution in [0.3, 0.4) is 0 Å². The fourth-order valence-electron chi connectivity index (χ4n) is 2.10. The average Bonchev–Trinajstić information content (AvgIpc) is 2.48. The molecule has 0 radical (unpaired) electrons. The van der Waals surface area contributed by atoms with Gasteiger partial charge in [0, 0.05) is 0 Å². The summed E-state index contributed by atoms with van der Waals surface area (Å²) in [4.78, 5) is 11.3. The van der Waals surface area contributed by atoms with Gasteiger partial charge in [-0.3, -0.25) is 4.79 Å². The van der Waals surface area contributed by atoms with E-state index >= 15 is 0 Å². The third kappa shape index (κ3) is 4.21. The highest BCUT2D eigenvalue weighted by Crippen LogP contribution is 2.18. The van der Waals surface area contributed by atoms with Gasteiger partial charge in [0.2, 0.25) is 0 Å². The molecule has 0 bridgehead atoms. The van der Waals surface area contributed by atoms with Crippen molar-refractivity contribution in [2.24, 2.45) is 0 Å². The minimum atomic E-state index is -0.871. The number of benzene rings is 1. The summed E-state index contributed by atoms with van der Waals surface area (Å²) in [5.41, 5.74) is -0.0344. The number of ether oxygens (including phenoxy) is 1. The Morgan fingerprint density at radius 2 is 2.00 bits per heavy atom. The van der Waals surface area contributed by atoms with Crippen LogP contribution in [0.1, 0.15) is 31.7 Å². The number of likely N-dealkylation sites (N-methyl/N-ethyl adjacent to an activating group) is 1. The van der Waals surface area contributed by atoms with Crippen molar-refractivity contribution in [1.82, 2.24) is 5.32 Å². The summed E-state index contributed by atoms with van der Waals surface area (Å²) in [6.07, 6.45) is 1.71. The Kier molecular flexibility index (Phi) is 6.48. The van der Waals surface area contributed by atoms with Gasteiger partial charge in [0.25, 0.3) is 0 Å². The molecule has 1 rings (SSSR count). The minimum absolute atomic E-state index is 0.0140. The topological polar surface area (TPSA) is 78.8 Å². The summed E-state index contributed by atoms with van der Waals surface area (Å²) in [6, 6.07) is 7.20. The standard InChI is InChI=1S/C15H23NO4/c1-3-15(16-2,14(18)19)9-4-10-20-13-7-5-12(11-17)6-8-13/h5-8,16-17H,3-4,9-11H2,1-2H3,(H,18,19). The van der Waals surface area contributed by atoms with Crippen LogP contribution in [0, 0.1) is 0 Å². The maximum Gasteiger partial charge on any atom is 0.323 e. The van der Waals surface area contributed by atoms with E-state index in [2.05, 4.69) is 5.32 Å². The lowest BCUT2D eigenvalue weighted by Crippen LogP contribution is -2.50. The van der Waals surface area contributed by atoms with Gasteiger partial charge in [0.15, 0.2) is 0 Å². The molecular weight excluding hydrogens is 258 g/mol. The molecule has 5 heteroatoms. The van der Waals surface area contributed by atoms with Crippen molar-refractivity contribution in [1.29, 1.82) is 0 Å². The maximum absolute atomic E-state index is 11.3. The Morgan fingerprint density at radius 1 is 1.35 bits per heavy atom. The molecule has 1 aromatic carbocycles. The van der Waals surface area contributed by atoms with E-state index in [4.69, 9.17) is 9.84 Å². The summed E-state index contributed by atoms with van der Waals surface area (Å²) >= 11 is 0. The van der Waals surface area contributed by atoms with Gasteiger partial charge in [-0.15, -0.1) is 0 Å². The van der Waals surface area contributed by atoms with E-state index in [1.165, 1.54) is 0 Å². The number of rotatable bonds is 9. The molecule has 0 spiro atoms. The first-order valence-corrected chi connectivity index (χ1v) is 6.83. The van der Waals surface area contributed by atoms with E-state index in [9.17, 15) is 9.90 Å². The molecule has 112 valence electrons. The zero-order valence-electron chi connectivity index (χ0n) is 12.1. The number of carboxylic acids is 1. The third-order valence-electron chi connectivity index (χ3n) is 3.61. The van der Waals surface area contributed by atoms with Crippen LogP contribution in [-0.4, -0.2) is 35.4 Å². The highest BCUT2D eigenvalue weighted by molar-refractivity contribution is 5.78. The van der Waals surface area contributed by atoms with E-state index in [0.717, 1.165) is 11.3 Å². The predicted molar refractivity (Wildman–Crippen MR) is 76.8 cm³/mol. The highest BCUT2D eigenvalue weighted by Gasteiger charge is 2.34. The minimum Gasteiger partial charge on any atom is -0.494 e. The van der Waals surface area contributed by atoms with Crippen molar-refractivity contribution in [3.63, 3.8) is 0 Å². The maximum atomic E-state index is 11.3. The summed E-state index contributed by atoms with van der Waals surface area (Å²) in [5, 5.41) is 21.1. The molecular formula is C15H23NO4. The molecule has 20 heavy (non-hydrogen) atoms. The van der Waals surface area contributed by atoms with Gasteiger partial charge in [-0.25, -0.2) is 0 Å². The van der Waals surface area contributed by atoms with Gasteiger partial charge in [-0.1, -0.05) is 19.1 Å². The molecule has 0 saturated carbocycles. The Bertz CT molecular complexity index is 412. The van der Waals surface area contributed by atoms with Gasteiger partial charge in [-0.2, -0.15) is 0 Å². The number of aliphatic hydroxyl groups excluding tert-OH is 1. The van der Waals surface area contributed by atoms with Crippen LogP contribution in [0.4, 0.5) is 0 Å². The molecule has 0 aromatic heterocycles. The second kappa shape index (κ2) is 7.87. The lowest BCUT2D eigenvalue weighted by molar-refractivity contribution is -0.145. The van der Waals surface area contributed by atoms with Gasteiger partial charge in [0.05, 0.1) is 13.2 Å². The summed E-state index contributed by atoms with van der Waals surface area (Å²) < 4.78 is 5.57. The fourth-order valence-corrected chi connectivity index (χ4v) is 2.10. The van der Waals surface area contributed by atoms with E-state index in [1.807, 2.05) is 6.92 Å². The molecule has 0 aliphatic carbocycles. The van der Waals surface area contributed by atoms with Crippen LogP contribution in [0.2, 0.25) is 0 Å². The van der Waals surface area contributed by atoms with Crippen LogP contribution in [0.15, 0.2) is 24.3 Å². The SMILES string of the molecule is CCC(CCCOc1ccc(CO)cc1)(NC)C(=O)O. The first kappa shape index (κ1) is 16.5. The molecule has 3 N–H and O–H groups in total. The number of aliphatic carboxylic acids is 1. The van der Waals surface area contributed by atoms with Crippen LogP contribution < -0.4 is 10.1 Å². The van der Waals surface area contributed by atoms with Crippen molar-refractivity contribution >= 4 is 5.97 Å². The molecule has 0 amide bonds. The second-order valence-corrected chi connectivity index (χ2v) is 4.74. The lowest BCUT2D eigenvalue weighted by Gasteiger charge is -2.27. The van der Waals surface area contributed by atoms with E-state index in [-0.39, 0.29) is 6.61 Å². The monoisotopic (exact) mass is 281 g/mol. The first-order chi connectivity index (χ1) is 9.57. The summed E-state index contributed by atoms with van der Waals surface area (Å²) in [5.74, 6) is -0.0983. The molecule has 1 unspecified atom stereocenters. The molecule has 1 aromatic rings. The second-order valence-electron chi connectivity index (χ2n) is 4.74. The zero-order valence-corrected chi connectivity index (χ0v) is 12.1. The highest BCUT2D eigenvalue weighted by atomic mass is 16.5. The number of carbonyl (C=O) groups is 1. The normalized spacial score (nSPS) is 13.8. The number of hydrogen-bond acceptors (Lipinski definition) is 4. The molecule has 0 aliphatic heterocycles. The summed E-state index contributed by atoms with van der Waals surface area (Å²) in [6.45, 7) is 2.34. The van der Waals surface area contributed by atoms with Crippen LogP contribution in [-0.2, 0) is 11.4 Å². The number of aliphatic hydroxyl groups is 1.